The van der Waals surface area contributed by atoms with Gasteiger partial charge in [0, 0.05) is 24.8 Å². The monoisotopic (exact) mass is 405 g/mol. The van der Waals surface area contributed by atoms with Gasteiger partial charge in [-0.2, -0.15) is 0 Å². The number of methoxy groups -OCH3 is 1. The molecule has 0 bridgehead atoms. The number of amides is 1. The van der Waals surface area contributed by atoms with Crippen LogP contribution < -0.4 is 10.1 Å². The van der Waals surface area contributed by atoms with Crippen LogP contribution in [-0.4, -0.2) is 73.2 Å². The number of carboxylic acids is 1. The molecule has 0 aromatic heterocycles. The Balaban J connectivity index is 0.00000338. The summed E-state index contributed by atoms with van der Waals surface area (Å²) >= 11 is 6.05. The number of aliphatic carboxylic acids is 1. The van der Waals surface area contributed by atoms with E-state index in [4.69, 9.17) is 21.4 Å². The van der Waals surface area contributed by atoms with Crippen LogP contribution in [0.15, 0.2) is 18.2 Å². The van der Waals surface area contributed by atoms with Crippen LogP contribution >= 0.6 is 24.0 Å². The molecule has 1 amide bonds. The van der Waals surface area contributed by atoms with Gasteiger partial charge in [-0.3, -0.25) is 19.4 Å². The maximum Gasteiger partial charge on any atom is 0.317 e. The van der Waals surface area contributed by atoms with E-state index < -0.39 is 5.97 Å². The van der Waals surface area contributed by atoms with Crippen molar-refractivity contribution in [2.75, 3.05) is 45.7 Å². The number of benzene rings is 1. The average Bonchev–Trinajstić information content (AvgIpc) is 2.55. The zero-order chi connectivity index (χ0) is 18.4. The van der Waals surface area contributed by atoms with E-state index in [0.29, 0.717) is 23.0 Å². The Labute approximate surface area is 164 Å². The number of rotatable bonds is 7. The molecule has 0 aliphatic carbocycles. The summed E-state index contributed by atoms with van der Waals surface area (Å²) in [5.74, 6) is -0.353. The molecule has 1 saturated heterocycles. The second kappa shape index (κ2) is 10.6. The molecule has 2 rings (SSSR count). The van der Waals surface area contributed by atoms with E-state index in [0.717, 1.165) is 25.9 Å². The molecular weight excluding hydrogens is 381 g/mol. The van der Waals surface area contributed by atoms with Gasteiger partial charge in [0.2, 0.25) is 5.91 Å². The van der Waals surface area contributed by atoms with E-state index in [1.165, 1.54) is 7.11 Å². The minimum Gasteiger partial charge on any atom is -0.495 e. The molecule has 0 radical (unpaired) electrons. The van der Waals surface area contributed by atoms with Crippen LogP contribution in [0.5, 0.6) is 5.75 Å². The minimum absolute atomic E-state index is 0. The third-order valence-electron chi connectivity index (χ3n) is 4.37. The van der Waals surface area contributed by atoms with Gasteiger partial charge in [-0.1, -0.05) is 11.6 Å². The van der Waals surface area contributed by atoms with Crippen molar-refractivity contribution in [3.8, 4) is 5.75 Å². The van der Waals surface area contributed by atoms with Crippen LogP contribution in [0.3, 0.4) is 0 Å². The van der Waals surface area contributed by atoms with Gasteiger partial charge in [-0.15, -0.1) is 12.4 Å². The summed E-state index contributed by atoms with van der Waals surface area (Å²) in [7, 11) is 3.37. The lowest BCUT2D eigenvalue weighted by Gasteiger charge is -2.35. The number of anilines is 1. The number of likely N-dealkylation sites (tertiary alicyclic amines) is 1. The van der Waals surface area contributed by atoms with Crippen molar-refractivity contribution in [2.24, 2.45) is 0 Å². The van der Waals surface area contributed by atoms with Crippen LogP contribution in [0.4, 0.5) is 5.69 Å². The Morgan fingerprint density at radius 1 is 1.38 bits per heavy atom. The van der Waals surface area contributed by atoms with Gasteiger partial charge >= 0.3 is 5.97 Å². The molecule has 0 spiro atoms. The first kappa shape index (κ1) is 22.5. The maximum atomic E-state index is 12.2. The molecule has 26 heavy (non-hydrogen) atoms. The molecule has 1 aromatic rings. The van der Waals surface area contributed by atoms with Gasteiger partial charge in [0.25, 0.3) is 0 Å². The summed E-state index contributed by atoms with van der Waals surface area (Å²) in [5, 5.41) is 12.1. The van der Waals surface area contributed by atoms with Gasteiger partial charge in [0.15, 0.2) is 0 Å². The Bertz CT molecular complexity index is 622. The number of halogens is 2. The van der Waals surface area contributed by atoms with Gasteiger partial charge in [0.1, 0.15) is 5.75 Å². The summed E-state index contributed by atoms with van der Waals surface area (Å²) in [6.45, 7) is 1.89. The highest BCUT2D eigenvalue weighted by Gasteiger charge is 2.24. The molecule has 1 heterocycles. The summed E-state index contributed by atoms with van der Waals surface area (Å²) < 4.78 is 5.09. The Morgan fingerprint density at radius 2 is 2.04 bits per heavy atom. The number of carbonyl (C=O) groups is 2. The number of nitrogens with one attached hydrogen (secondary N) is 1. The first-order valence-electron chi connectivity index (χ1n) is 8.17. The largest absolute Gasteiger partial charge is 0.495 e. The number of piperidine rings is 1. The van der Waals surface area contributed by atoms with Crippen LogP contribution in [0.1, 0.15) is 12.8 Å². The molecule has 2 N–H and O–H groups in total. The van der Waals surface area contributed by atoms with Crippen molar-refractivity contribution >= 4 is 41.6 Å². The zero-order valence-electron chi connectivity index (χ0n) is 14.9. The zero-order valence-corrected chi connectivity index (χ0v) is 16.5. The van der Waals surface area contributed by atoms with Gasteiger partial charge in [0.05, 0.1) is 25.2 Å². The van der Waals surface area contributed by atoms with Crippen molar-refractivity contribution in [1.29, 1.82) is 0 Å². The maximum absolute atomic E-state index is 12.2. The van der Waals surface area contributed by atoms with E-state index in [-0.39, 0.29) is 30.9 Å². The smallest absolute Gasteiger partial charge is 0.317 e. The van der Waals surface area contributed by atoms with E-state index in [1.807, 2.05) is 11.9 Å². The topological polar surface area (TPSA) is 82.1 Å². The third kappa shape index (κ3) is 6.64. The molecule has 0 atom stereocenters. The molecule has 0 saturated carbocycles. The highest BCUT2D eigenvalue weighted by Crippen LogP contribution is 2.27. The second-order valence-electron chi connectivity index (χ2n) is 6.21. The number of carboxylic acid groups (broad SMARTS) is 1. The Morgan fingerprint density at radius 3 is 2.58 bits per heavy atom. The van der Waals surface area contributed by atoms with E-state index in [1.54, 1.807) is 18.2 Å². The predicted molar refractivity (Wildman–Crippen MR) is 104 cm³/mol. The number of nitrogens with zero attached hydrogens (tertiary/aromatic N) is 2. The molecular formula is C17H25Cl2N3O4. The number of ether oxygens (including phenoxy) is 1. The van der Waals surface area contributed by atoms with Crippen molar-refractivity contribution in [3.63, 3.8) is 0 Å². The van der Waals surface area contributed by atoms with Gasteiger partial charge in [-0.05, 0) is 38.1 Å². The minimum atomic E-state index is -0.817. The predicted octanol–water partition coefficient (Wildman–Crippen LogP) is 2.19. The average molecular weight is 406 g/mol. The fourth-order valence-electron chi connectivity index (χ4n) is 3.01. The molecule has 1 aliphatic heterocycles. The van der Waals surface area contributed by atoms with E-state index >= 15 is 0 Å². The fraction of sp³-hybridized carbons (Fsp3) is 0.529. The second-order valence-corrected chi connectivity index (χ2v) is 6.62. The third-order valence-corrected chi connectivity index (χ3v) is 4.66. The number of likely N-dealkylation sites (N-methyl/N-ethyl adjacent to an activating group) is 1. The first-order valence-corrected chi connectivity index (χ1v) is 8.54. The van der Waals surface area contributed by atoms with Crippen molar-refractivity contribution in [2.45, 2.75) is 18.9 Å². The van der Waals surface area contributed by atoms with Crippen LogP contribution in [0, 0.1) is 0 Å². The standard InChI is InChI=1S/C17H24ClN3O4.ClH/c1-20(11-17(23)24)13-5-7-21(8-6-13)10-16(22)19-12-3-4-15(25-2)14(18)9-12;/h3-4,9,13H,5-8,10-11H2,1-2H3,(H,19,22)(H,23,24);1H. The molecule has 1 fully saturated rings. The normalized spacial score (nSPS) is 15.4. The summed E-state index contributed by atoms with van der Waals surface area (Å²) in [6, 6.07) is 5.36. The summed E-state index contributed by atoms with van der Waals surface area (Å²) in [5.41, 5.74) is 0.631. The fourth-order valence-corrected chi connectivity index (χ4v) is 3.27. The highest BCUT2D eigenvalue weighted by atomic mass is 35.5. The lowest BCUT2D eigenvalue weighted by Crippen LogP contribution is -2.46. The Hall–Kier alpha value is -1.54. The molecule has 1 aromatic carbocycles. The van der Waals surface area contributed by atoms with Crippen LogP contribution in [0.2, 0.25) is 5.02 Å². The SMILES string of the molecule is COc1ccc(NC(=O)CN2CCC(N(C)CC(=O)O)CC2)cc1Cl.Cl. The highest BCUT2D eigenvalue weighted by molar-refractivity contribution is 6.32. The lowest BCUT2D eigenvalue weighted by atomic mass is 10.0. The molecule has 9 heteroatoms. The van der Waals surface area contributed by atoms with Crippen molar-refractivity contribution in [1.82, 2.24) is 9.80 Å². The van der Waals surface area contributed by atoms with Crippen molar-refractivity contribution < 1.29 is 19.4 Å². The number of hydrogen-bond acceptors (Lipinski definition) is 5. The number of carbonyl (C=O) groups excluding carboxylic acids is 1. The number of hydrogen-bond donors (Lipinski definition) is 2. The molecule has 0 unspecified atom stereocenters. The molecule has 1 aliphatic rings. The first-order chi connectivity index (χ1) is 11.9. The van der Waals surface area contributed by atoms with E-state index in [9.17, 15) is 9.59 Å². The van der Waals surface area contributed by atoms with Gasteiger partial charge < -0.3 is 15.2 Å². The molecule has 146 valence electrons. The summed E-state index contributed by atoms with van der Waals surface area (Å²) in [4.78, 5) is 26.9. The van der Waals surface area contributed by atoms with Gasteiger partial charge in [-0.25, -0.2) is 0 Å². The quantitative estimate of drug-likeness (QED) is 0.723. The Kier molecular flexibility index (Phi) is 9.15. The van der Waals surface area contributed by atoms with Crippen molar-refractivity contribution in [3.05, 3.63) is 23.2 Å². The van der Waals surface area contributed by atoms with E-state index in [2.05, 4.69) is 10.2 Å². The summed E-state index contributed by atoms with van der Waals surface area (Å²) in [6.07, 6.45) is 1.71. The lowest BCUT2D eigenvalue weighted by molar-refractivity contribution is -0.138. The molecule has 7 nitrogen and oxygen atoms in total. The van der Waals surface area contributed by atoms with Crippen LogP contribution in [-0.2, 0) is 9.59 Å². The van der Waals surface area contributed by atoms with Crippen LogP contribution in [0.25, 0.3) is 0 Å².